The van der Waals surface area contributed by atoms with Crippen LogP contribution in [0.5, 0.6) is 5.75 Å². The van der Waals surface area contributed by atoms with Crippen molar-refractivity contribution in [1.82, 2.24) is 9.97 Å². The number of hydrogen-bond acceptors (Lipinski definition) is 4. The second-order valence-electron chi connectivity index (χ2n) is 6.05. The van der Waals surface area contributed by atoms with Gasteiger partial charge in [-0.05, 0) is 29.8 Å². The molecule has 0 aliphatic carbocycles. The average molecular weight is 358 g/mol. The molecule has 5 nitrogen and oxygen atoms in total. The number of carbonyl (C=O) groups is 1. The van der Waals surface area contributed by atoms with Gasteiger partial charge >= 0.3 is 5.97 Å². The number of rotatable bonds is 5. The summed E-state index contributed by atoms with van der Waals surface area (Å²) in [6.07, 6.45) is 0. The van der Waals surface area contributed by atoms with E-state index in [0.29, 0.717) is 23.5 Å². The van der Waals surface area contributed by atoms with Crippen molar-refractivity contribution in [3.05, 3.63) is 83.9 Å². The first-order valence-electron chi connectivity index (χ1n) is 8.59. The molecule has 0 aliphatic rings. The minimum atomic E-state index is -0.410. The van der Waals surface area contributed by atoms with Gasteiger partial charge in [0.25, 0.3) is 0 Å². The summed E-state index contributed by atoms with van der Waals surface area (Å²) in [5, 5.41) is 0. The summed E-state index contributed by atoms with van der Waals surface area (Å²) in [6, 6.07) is 23.1. The van der Waals surface area contributed by atoms with Gasteiger partial charge in [0.1, 0.15) is 23.7 Å². The smallest absolute Gasteiger partial charge is 0.340 e. The standard InChI is InChI=1S/C22H18N2O3/c1-26-22(25)17-11-7-12-18-20(17)24-21(23-18)16-10-5-6-13-19(16)27-14-15-8-3-2-4-9-15/h2-13H,14H2,1H3,(H,23,24). The molecule has 0 saturated heterocycles. The normalized spacial score (nSPS) is 10.7. The summed E-state index contributed by atoms with van der Waals surface area (Å²) in [7, 11) is 1.36. The number of carbonyl (C=O) groups excluding carboxylic acids is 1. The van der Waals surface area contributed by atoms with Gasteiger partial charge in [0.2, 0.25) is 0 Å². The molecule has 0 amide bonds. The molecule has 134 valence electrons. The molecule has 1 N–H and O–H groups in total. The number of benzene rings is 3. The summed E-state index contributed by atoms with van der Waals surface area (Å²) >= 11 is 0. The van der Waals surface area contributed by atoms with Crippen molar-refractivity contribution in [2.24, 2.45) is 0 Å². The van der Waals surface area contributed by atoms with E-state index in [2.05, 4.69) is 9.97 Å². The highest BCUT2D eigenvalue weighted by Gasteiger charge is 2.16. The molecular formula is C22H18N2O3. The molecule has 5 heteroatoms. The van der Waals surface area contributed by atoms with Gasteiger partial charge in [-0.25, -0.2) is 9.78 Å². The van der Waals surface area contributed by atoms with E-state index in [9.17, 15) is 4.79 Å². The second-order valence-corrected chi connectivity index (χ2v) is 6.05. The minimum absolute atomic E-state index is 0.410. The summed E-state index contributed by atoms with van der Waals surface area (Å²) in [5.74, 6) is 0.956. The minimum Gasteiger partial charge on any atom is -0.488 e. The summed E-state index contributed by atoms with van der Waals surface area (Å²) in [4.78, 5) is 19.9. The number of methoxy groups -OCH3 is 1. The predicted molar refractivity (Wildman–Crippen MR) is 104 cm³/mol. The van der Waals surface area contributed by atoms with Crippen molar-refractivity contribution in [2.75, 3.05) is 7.11 Å². The van der Waals surface area contributed by atoms with Crippen LogP contribution >= 0.6 is 0 Å². The van der Waals surface area contributed by atoms with Crippen LogP contribution in [0.4, 0.5) is 0 Å². The Morgan fingerprint density at radius 3 is 2.56 bits per heavy atom. The lowest BCUT2D eigenvalue weighted by atomic mass is 10.2. The topological polar surface area (TPSA) is 64.2 Å². The zero-order chi connectivity index (χ0) is 18.6. The third-order valence-electron chi connectivity index (χ3n) is 4.30. The Labute approximate surface area is 156 Å². The number of nitrogens with zero attached hydrogens (tertiary/aromatic N) is 1. The molecule has 27 heavy (non-hydrogen) atoms. The number of hydrogen-bond donors (Lipinski definition) is 1. The van der Waals surface area contributed by atoms with Crippen LogP contribution in [-0.4, -0.2) is 23.0 Å². The fraction of sp³-hybridized carbons (Fsp3) is 0.0909. The monoisotopic (exact) mass is 358 g/mol. The summed E-state index contributed by atoms with van der Waals surface area (Å²) in [6.45, 7) is 0.464. The van der Waals surface area contributed by atoms with Crippen LogP contribution in [0.25, 0.3) is 22.4 Å². The van der Waals surface area contributed by atoms with E-state index in [1.807, 2.05) is 60.7 Å². The first-order valence-corrected chi connectivity index (χ1v) is 8.59. The number of fused-ring (bicyclic) bond motifs is 1. The van der Waals surface area contributed by atoms with Crippen molar-refractivity contribution < 1.29 is 14.3 Å². The number of aromatic amines is 1. The zero-order valence-electron chi connectivity index (χ0n) is 14.8. The molecule has 0 spiro atoms. The van der Waals surface area contributed by atoms with Gasteiger partial charge in [0.15, 0.2) is 0 Å². The van der Waals surface area contributed by atoms with Gasteiger partial charge in [-0.2, -0.15) is 0 Å². The number of esters is 1. The van der Waals surface area contributed by atoms with Crippen LogP contribution in [0, 0.1) is 0 Å². The molecule has 0 atom stereocenters. The molecule has 0 bridgehead atoms. The van der Waals surface area contributed by atoms with Crippen LogP contribution in [0.15, 0.2) is 72.8 Å². The Hall–Kier alpha value is -3.60. The van der Waals surface area contributed by atoms with E-state index in [1.165, 1.54) is 7.11 Å². The molecule has 1 aromatic heterocycles. The van der Waals surface area contributed by atoms with Gasteiger partial charge in [0.05, 0.1) is 23.8 Å². The highest BCUT2D eigenvalue weighted by Crippen LogP contribution is 2.30. The molecule has 0 fully saturated rings. The Morgan fingerprint density at radius 2 is 1.74 bits per heavy atom. The Kier molecular flexibility index (Phi) is 4.58. The number of nitrogens with one attached hydrogen (secondary N) is 1. The third-order valence-corrected chi connectivity index (χ3v) is 4.30. The van der Waals surface area contributed by atoms with Crippen molar-refractivity contribution in [3.8, 4) is 17.1 Å². The van der Waals surface area contributed by atoms with E-state index in [4.69, 9.17) is 9.47 Å². The van der Waals surface area contributed by atoms with Gasteiger partial charge in [-0.15, -0.1) is 0 Å². The van der Waals surface area contributed by atoms with E-state index in [1.54, 1.807) is 12.1 Å². The lowest BCUT2D eigenvalue weighted by Gasteiger charge is -2.10. The number of ether oxygens (including phenoxy) is 2. The van der Waals surface area contributed by atoms with E-state index in [0.717, 1.165) is 22.4 Å². The summed E-state index contributed by atoms with van der Waals surface area (Å²) < 4.78 is 10.9. The van der Waals surface area contributed by atoms with Gasteiger partial charge < -0.3 is 14.5 Å². The largest absolute Gasteiger partial charge is 0.488 e. The predicted octanol–water partition coefficient (Wildman–Crippen LogP) is 4.60. The maximum atomic E-state index is 12.0. The molecule has 0 aliphatic heterocycles. The van der Waals surface area contributed by atoms with Crippen molar-refractivity contribution in [3.63, 3.8) is 0 Å². The molecule has 0 saturated carbocycles. The highest BCUT2D eigenvalue weighted by molar-refractivity contribution is 6.02. The first kappa shape index (κ1) is 16.8. The SMILES string of the molecule is COC(=O)c1cccc2[nH]c(-c3ccccc3OCc3ccccc3)nc12. The van der Waals surface area contributed by atoms with Crippen LogP contribution < -0.4 is 4.74 Å². The zero-order valence-corrected chi connectivity index (χ0v) is 14.8. The molecule has 3 aromatic carbocycles. The average Bonchev–Trinajstić information content (AvgIpc) is 3.17. The lowest BCUT2D eigenvalue weighted by molar-refractivity contribution is 0.0603. The van der Waals surface area contributed by atoms with Crippen LogP contribution in [0.2, 0.25) is 0 Å². The maximum Gasteiger partial charge on any atom is 0.340 e. The van der Waals surface area contributed by atoms with Crippen LogP contribution in [0.1, 0.15) is 15.9 Å². The van der Waals surface area contributed by atoms with E-state index >= 15 is 0 Å². The number of imidazole rings is 1. The van der Waals surface area contributed by atoms with Gasteiger partial charge in [-0.1, -0.05) is 48.5 Å². The van der Waals surface area contributed by atoms with Gasteiger partial charge in [-0.3, -0.25) is 0 Å². The fourth-order valence-corrected chi connectivity index (χ4v) is 2.96. The molecule has 4 aromatic rings. The second kappa shape index (κ2) is 7.33. The third kappa shape index (κ3) is 3.40. The summed E-state index contributed by atoms with van der Waals surface area (Å²) in [5.41, 5.74) is 3.70. The quantitative estimate of drug-likeness (QED) is 0.530. The highest BCUT2D eigenvalue weighted by atomic mass is 16.5. The Morgan fingerprint density at radius 1 is 0.963 bits per heavy atom. The fourth-order valence-electron chi connectivity index (χ4n) is 2.96. The lowest BCUT2D eigenvalue weighted by Crippen LogP contribution is -2.01. The van der Waals surface area contributed by atoms with Crippen molar-refractivity contribution in [2.45, 2.75) is 6.61 Å². The van der Waals surface area contributed by atoms with E-state index in [-0.39, 0.29) is 0 Å². The Balaban J connectivity index is 1.70. The van der Waals surface area contributed by atoms with Crippen molar-refractivity contribution in [1.29, 1.82) is 0 Å². The molecular weight excluding hydrogens is 340 g/mol. The van der Waals surface area contributed by atoms with Crippen LogP contribution in [0.3, 0.4) is 0 Å². The Bertz CT molecular complexity index is 1090. The van der Waals surface area contributed by atoms with Gasteiger partial charge in [0, 0.05) is 0 Å². The van der Waals surface area contributed by atoms with Crippen molar-refractivity contribution >= 4 is 17.0 Å². The number of para-hydroxylation sites is 2. The number of H-pyrrole nitrogens is 1. The first-order chi connectivity index (χ1) is 13.3. The molecule has 0 radical (unpaired) electrons. The molecule has 4 rings (SSSR count). The van der Waals surface area contributed by atoms with E-state index < -0.39 is 5.97 Å². The van der Waals surface area contributed by atoms with Crippen LogP contribution in [-0.2, 0) is 11.3 Å². The molecule has 0 unspecified atom stereocenters. The molecule has 1 heterocycles. The maximum absolute atomic E-state index is 12.0. The number of aromatic nitrogens is 2.